The van der Waals surface area contributed by atoms with Gasteiger partial charge in [-0.15, -0.1) is 0 Å². The van der Waals surface area contributed by atoms with Crippen molar-refractivity contribution in [1.82, 2.24) is 9.13 Å². The minimum absolute atomic E-state index is 1.18. The summed E-state index contributed by atoms with van der Waals surface area (Å²) in [5, 5.41) is 10.6. The van der Waals surface area contributed by atoms with E-state index in [1.54, 1.807) is 0 Å². The maximum absolute atomic E-state index is 2.58. The van der Waals surface area contributed by atoms with Crippen LogP contribution in [0.2, 0.25) is 0 Å². The Morgan fingerprint density at radius 2 is 0.750 bits per heavy atom. The van der Waals surface area contributed by atoms with E-state index < -0.39 is 8.07 Å². The van der Waals surface area contributed by atoms with Crippen LogP contribution in [0.5, 0.6) is 0 Å². The molecule has 0 aliphatic carbocycles. The quantitative estimate of drug-likeness (QED) is 0.122. The monoisotopic (exact) mass is 680 g/mol. The molecule has 0 aliphatic rings. The third kappa shape index (κ3) is 4.56. The zero-order chi connectivity index (χ0) is 34.6. The van der Waals surface area contributed by atoms with Crippen LogP contribution in [0.25, 0.3) is 60.4 Å². The van der Waals surface area contributed by atoms with Gasteiger partial charge >= 0.3 is 0 Å². The van der Waals surface area contributed by atoms with Gasteiger partial charge in [0, 0.05) is 45.3 Å². The summed E-state index contributed by atoms with van der Waals surface area (Å²) in [6, 6.07) is 74.2. The predicted octanol–water partition coefficient (Wildman–Crippen LogP) is 9.47. The van der Waals surface area contributed by atoms with E-state index in [1.807, 2.05) is 0 Å². The Balaban J connectivity index is 1.13. The lowest BCUT2D eigenvalue weighted by Gasteiger charge is -2.34. The van der Waals surface area contributed by atoms with Gasteiger partial charge in [-0.05, 0) is 74.3 Å². The van der Waals surface area contributed by atoms with Crippen LogP contribution in [0.15, 0.2) is 200 Å². The van der Waals surface area contributed by atoms with E-state index in [1.165, 1.54) is 81.2 Å². The second kappa shape index (κ2) is 12.1. The molecule has 10 aromatic rings. The summed E-state index contributed by atoms with van der Waals surface area (Å²) in [5.41, 5.74) is 8.54. The van der Waals surface area contributed by atoms with Gasteiger partial charge in [0.15, 0.2) is 8.07 Å². The first kappa shape index (κ1) is 30.4. The van der Waals surface area contributed by atoms with Crippen LogP contribution >= 0.6 is 0 Å². The summed E-state index contributed by atoms with van der Waals surface area (Å²) in [7, 11) is -0.397. The van der Waals surface area contributed by atoms with E-state index in [0.29, 0.717) is 0 Å². The maximum atomic E-state index is 2.41. The van der Waals surface area contributed by atoms with Crippen LogP contribution in [0.1, 0.15) is 0 Å². The van der Waals surface area contributed by atoms with Crippen molar-refractivity contribution in [1.29, 1.82) is 0 Å². The SMILES string of the molecule is Cn1c2ccc(-c3ccc([Si](c4ccccc4)(c4ccccc4)c4ccccc4)cc3)cc2c2cc(-n3c4ccccc4c4ccccc43)ccc21. The topological polar surface area (TPSA) is 9.86 Å². The summed E-state index contributed by atoms with van der Waals surface area (Å²) >= 11 is 0. The van der Waals surface area contributed by atoms with Crippen molar-refractivity contribution in [3.63, 3.8) is 0 Å². The molecule has 0 aliphatic heterocycles. The molecule has 0 bridgehead atoms. The third-order valence-corrected chi connectivity index (χ3v) is 15.9. The molecule has 2 aromatic heterocycles. The molecule has 52 heavy (non-hydrogen) atoms. The normalized spacial score (nSPS) is 11.9. The van der Waals surface area contributed by atoms with Gasteiger partial charge in [0.1, 0.15) is 0 Å². The number of nitrogens with zero attached hydrogens (tertiary/aromatic N) is 2. The van der Waals surface area contributed by atoms with Gasteiger partial charge in [-0.3, -0.25) is 0 Å². The van der Waals surface area contributed by atoms with Crippen molar-refractivity contribution in [3.8, 4) is 16.8 Å². The first-order valence-electron chi connectivity index (χ1n) is 18.0. The van der Waals surface area contributed by atoms with Crippen LogP contribution in [-0.2, 0) is 7.05 Å². The number of benzene rings is 8. The number of aromatic nitrogens is 2. The largest absolute Gasteiger partial charge is 0.344 e. The zero-order valence-corrected chi connectivity index (χ0v) is 29.9. The Labute approximate surface area is 304 Å². The zero-order valence-electron chi connectivity index (χ0n) is 28.9. The Morgan fingerprint density at radius 1 is 0.327 bits per heavy atom. The summed E-state index contributed by atoms with van der Waals surface area (Å²) in [4.78, 5) is 0. The summed E-state index contributed by atoms with van der Waals surface area (Å²) < 4.78 is 4.74. The van der Waals surface area contributed by atoms with Gasteiger partial charge in [0.2, 0.25) is 0 Å². The average Bonchev–Trinajstić information content (AvgIpc) is 3.70. The van der Waals surface area contributed by atoms with Crippen molar-refractivity contribution in [2.45, 2.75) is 0 Å². The van der Waals surface area contributed by atoms with Gasteiger partial charge in [0.25, 0.3) is 0 Å². The minimum atomic E-state index is -2.58. The summed E-state index contributed by atoms with van der Waals surface area (Å²) in [5.74, 6) is 0. The van der Waals surface area contributed by atoms with Crippen molar-refractivity contribution in [2.24, 2.45) is 7.05 Å². The van der Waals surface area contributed by atoms with Crippen molar-refractivity contribution >= 4 is 72.4 Å². The molecule has 3 heteroatoms. The molecule has 10 rings (SSSR count). The number of rotatable bonds is 6. The first-order valence-corrected chi connectivity index (χ1v) is 20.0. The number of hydrogen-bond acceptors (Lipinski definition) is 0. The predicted molar refractivity (Wildman–Crippen MR) is 224 cm³/mol. The van der Waals surface area contributed by atoms with Crippen LogP contribution in [0.3, 0.4) is 0 Å². The highest BCUT2D eigenvalue weighted by Gasteiger charge is 2.41. The molecule has 2 heterocycles. The highest BCUT2D eigenvalue weighted by molar-refractivity contribution is 7.19. The second-order valence-electron chi connectivity index (χ2n) is 13.8. The number of para-hydroxylation sites is 2. The molecule has 0 spiro atoms. The second-order valence-corrected chi connectivity index (χ2v) is 17.6. The Morgan fingerprint density at radius 3 is 1.29 bits per heavy atom. The average molecular weight is 681 g/mol. The van der Waals surface area contributed by atoms with Gasteiger partial charge < -0.3 is 9.13 Å². The lowest BCUT2D eigenvalue weighted by molar-refractivity contribution is 1.01. The lowest BCUT2D eigenvalue weighted by atomic mass is 10.0. The summed E-state index contributed by atoms with van der Waals surface area (Å²) in [6.45, 7) is 0. The fourth-order valence-electron chi connectivity index (χ4n) is 8.70. The molecule has 0 unspecified atom stereocenters. The molecular formula is C49H36N2Si. The Hall–Kier alpha value is -6.42. The molecule has 0 atom stereocenters. The molecule has 8 aromatic carbocycles. The highest BCUT2D eigenvalue weighted by atomic mass is 28.3. The van der Waals surface area contributed by atoms with Crippen molar-refractivity contribution in [3.05, 3.63) is 200 Å². The Bertz CT molecular complexity index is 2740. The molecule has 0 saturated carbocycles. The molecule has 0 radical (unpaired) electrons. The number of fused-ring (bicyclic) bond motifs is 6. The smallest absolute Gasteiger partial charge is 0.179 e. The molecule has 0 amide bonds. The molecule has 0 saturated heterocycles. The van der Waals surface area contributed by atoms with Gasteiger partial charge in [-0.2, -0.15) is 0 Å². The van der Waals surface area contributed by atoms with Crippen LogP contribution in [-0.4, -0.2) is 17.2 Å². The molecule has 0 N–H and O–H groups in total. The van der Waals surface area contributed by atoms with E-state index >= 15 is 0 Å². The van der Waals surface area contributed by atoms with E-state index in [9.17, 15) is 0 Å². The fraction of sp³-hybridized carbons (Fsp3) is 0.0204. The minimum Gasteiger partial charge on any atom is -0.344 e. The first-order chi connectivity index (χ1) is 25.7. The fourth-order valence-corrected chi connectivity index (χ4v) is 13.4. The van der Waals surface area contributed by atoms with Crippen LogP contribution in [0.4, 0.5) is 0 Å². The maximum Gasteiger partial charge on any atom is 0.179 e. The van der Waals surface area contributed by atoms with E-state index in [2.05, 4.69) is 216 Å². The summed E-state index contributed by atoms with van der Waals surface area (Å²) in [6.07, 6.45) is 0. The Kier molecular flexibility index (Phi) is 7.09. The van der Waals surface area contributed by atoms with E-state index in [-0.39, 0.29) is 0 Å². The van der Waals surface area contributed by atoms with Gasteiger partial charge in [-0.25, -0.2) is 0 Å². The van der Waals surface area contributed by atoms with Crippen LogP contribution < -0.4 is 20.7 Å². The van der Waals surface area contributed by atoms with Gasteiger partial charge in [-0.1, -0.05) is 158 Å². The van der Waals surface area contributed by atoms with E-state index in [0.717, 1.165) is 0 Å². The lowest BCUT2D eigenvalue weighted by Crippen LogP contribution is -2.74. The van der Waals surface area contributed by atoms with Crippen LogP contribution in [0, 0.1) is 0 Å². The standard InChI is InChI=1S/C49H36N2Si/c1-50-46-31-27-36(33-44(46)45-34-37(28-32-47(45)50)51-48-23-13-11-21-42(48)43-22-12-14-24-49(43)51)35-25-29-41(30-26-35)52(38-15-5-2-6-16-38,39-17-7-3-8-18-39)40-19-9-4-10-20-40/h2-34H,1H3. The molecule has 246 valence electrons. The number of aryl methyl sites for hydroxylation is 1. The van der Waals surface area contributed by atoms with Gasteiger partial charge in [0.05, 0.1) is 11.0 Å². The highest BCUT2D eigenvalue weighted by Crippen LogP contribution is 2.36. The molecule has 2 nitrogen and oxygen atoms in total. The van der Waals surface area contributed by atoms with Crippen molar-refractivity contribution < 1.29 is 0 Å². The molecule has 0 fully saturated rings. The molecular weight excluding hydrogens is 645 g/mol. The van der Waals surface area contributed by atoms with Crippen molar-refractivity contribution in [2.75, 3.05) is 0 Å². The van der Waals surface area contributed by atoms with E-state index in [4.69, 9.17) is 0 Å². The third-order valence-electron chi connectivity index (χ3n) is 11.1. The number of hydrogen-bond donors (Lipinski definition) is 0.